The minimum absolute atomic E-state index is 0.764. The molecule has 1 aromatic heterocycles. The van der Waals surface area contributed by atoms with Crippen molar-refractivity contribution in [1.29, 1.82) is 0 Å². The van der Waals surface area contributed by atoms with Crippen molar-refractivity contribution in [3.8, 4) is 0 Å². The van der Waals surface area contributed by atoms with Gasteiger partial charge in [-0.3, -0.25) is 4.90 Å². The molecule has 2 rings (SSSR count). The number of hydrogen-bond donors (Lipinski definition) is 1. The van der Waals surface area contributed by atoms with Crippen LogP contribution in [0.3, 0.4) is 0 Å². The van der Waals surface area contributed by atoms with Gasteiger partial charge in [-0.15, -0.1) is 0 Å². The van der Waals surface area contributed by atoms with E-state index in [2.05, 4.69) is 46.9 Å². The number of hydrogen-bond acceptors (Lipinski definition) is 4. The predicted molar refractivity (Wildman–Crippen MR) is 85.0 cm³/mol. The maximum Gasteiger partial charge on any atom is 0.130 e. The Hall–Kier alpha value is -1.13. The summed E-state index contributed by atoms with van der Waals surface area (Å²) in [7, 11) is 0. The Balaban J connectivity index is 1.86. The molecule has 1 aliphatic rings. The van der Waals surface area contributed by atoms with E-state index in [1.54, 1.807) is 0 Å². The van der Waals surface area contributed by atoms with Crippen LogP contribution >= 0.6 is 0 Å². The fraction of sp³-hybridized carbons (Fsp3) is 0.688. The molecule has 0 amide bonds. The van der Waals surface area contributed by atoms with E-state index >= 15 is 0 Å². The van der Waals surface area contributed by atoms with E-state index in [-0.39, 0.29) is 0 Å². The van der Waals surface area contributed by atoms with Gasteiger partial charge >= 0.3 is 0 Å². The molecule has 4 heteroatoms. The van der Waals surface area contributed by atoms with Crippen LogP contribution in [0.4, 0.5) is 5.82 Å². The summed E-state index contributed by atoms with van der Waals surface area (Å²) in [6.07, 6.45) is 1.86. The fourth-order valence-corrected chi connectivity index (χ4v) is 2.78. The number of rotatable bonds is 6. The molecule has 0 spiro atoms. The first-order chi connectivity index (χ1) is 9.69. The largest absolute Gasteiger partial charge is 0.370 e. The van der Waals surface area contributed by atoms with Gasteiger partial charge < -0.3 is 10.2 Å². The van der Waals surface area contributed by atoms with Gasteiger partial charge in [0.1, 0.15) is 5.82 Å². The first kappa shape index (κ1) is 15.3. The van der Waals surface area contributed by atoms with E-state index < -0.39 is 0 Å². The van der Waals surface area contributed by atoms with Gasteiger partial charge in [0.05, 0.1) is 0 Å². The number of nitrogens with one attached hydrogen (secondary N) is 1. The van der Waals surface area contributed by atoms with Gasteiger partial charge in [0.2, 0.25) is 0 Å². The first-order valence-electron chi connectivity index (χ1n) is 7.81. The van der Waals surface area contributed by atoms with Gasteiger partial charge in [0.15, 0.2) is 0 Å². The topological polar surface area (TPSA) is 31.4 Å². The fourth-order valence-electron chi connectivity index (χ4n) is 2.78. The van der Waals surface area contributed by atoms with Gasteiger partial charge in [-0.2, -0.15) is 0 Å². The molecule has 0 aliphatic carbocycles. The van der Waals surface area contributed by atoms with Crippen molar-refractivity contribution in [2.24, 2.45) is 5.92 Å². The summed E-state index contributed by atoms with van der Waals surface area (Å²) < 4.78 is 0. The minimum Gasteiger partial charge on any atom is -0.370 e. The van der Waals surface area contributed by atoms with Crippen molar-refractivity contribution in [1.82, 2.24) is 14.8 Å². The van der Waals surface area contributed by atoms with E-state index in [1.807, 2.05) is 12.3 Å². The van der Waals surface area contributed by atoms with Gasteiger partial charge in [0.25, 0.3) is 0 Å². The summed E-state index contributed by atoms with van der Waals surface area (Å²) in [5, 5.41) is 3.35. The Kier molecular flexibility index (Phi) is 5.80. The Bertz CT molecular complexity index is 397. The summed E-state index contributed by atoms with van der Waals surface area (Å²) in [6, 6.07) is 4.22. The molecule has 20 heavy (non-hydrogen) atoms. The van der Waals surface area contributed by atoms with Crippen molar-refractivity contribution in [3.63, 3.8) is 0 Å². The SMILES string of the molecule is CCNc1ncccc1CN1CCN(CC(C)C)CC1. The monoisotopic (exact) mass is 276 g/mol. The summed E-state index contributed by atoms with van der Waals surface area (Å²) in [5.74, 6) is 1.81. The van der Waals surface area contributed by atoms with Crippen LogP contribution in [0.1, 0.15) is 26.3 Å². The van der Waals surface area contributed by atoms with E-state index in [9.17, 15) is 0 Å². The number of aromatic nitrogens is 1. The van der Waals surface area contributed by atoms with Crippen molar-refractivity contribution in [2.45, 2.75) is 27.3 Å². The number of nitrogens with zero attached hydrogens (tertiary/aromatic N) is 3. The molecule has 4 nitrogen and oxygen atoms in total. The third kappa shape index (κ3) is 4.46. The van der Waals surface area contributed by atoms with Crippen LogP contribution in [0.5, 0.6) is 0 Å². The zero-order valence-corrected chi connectivity index (χ0v) is 13.1. The van der Waals surface area contributed by atoms with Crippen LogP contribution in [-0.2, 0) is 6.54 Å². The van der Waals surface area contributed by atoms with Crippen LogP contribution in [0.25, 0.3) is 0 Å². The van der Waals surface area contributed by atoms with Crippen molar-refractivity contribution in [2.75, 3.05) is 44.6 Å². The molecular weight excluding hydrogens is 248 g/mol. The molecule has 0 atom stereocenters. The molecule has 1 fully saturated rings. The van der Waals surface area contributed by atoms with Crippen LogP contribution in [0.15, 0.2) is 18.3 Å². The molecule has 112 valence electrons. The second-order valence-corrected chi connectivity index (χ2v) is 6.01. The van der Waals surface area contributed by atoms with E-state index in [4.69, 9.17) is 0 Å². The lowest BCUT2D eigenvalue weighted by molar-refractivity contribution is 0.117. The number of piperazine rings is 1. The van der Waals surface area contributed by atoms with Gasteiger partial charge in [-0.1, -0.05) is 19.9 Å². The Labute approximate surface area is 123 Å². The molecule has 1 N–H and O–H groups in total. The molecule has 1 aromatic rings. The maximum atomic E-state index is 4.44. The highest BCUT2D eigenvalue weighted by Gasteiger charge is 2.18. The van der Waals surface area contributed by atoms with Crippen LogP contribution in [0.2, 0.25) is 0 Å². The molecule has 1 saturated heterocycles. The Morgan fingerprint density at radius 1 is 1.20 bits per heavy atom. The molecule has 0 unspecified atom stereocenters. The van der Waals surface area contributed by atoms with Gasteiger partial charge in [-0.25, -0.2) is 4.98 Å². The quantitative estimate of drug-likeness (QED) is 0.864. The number of pyridine rings is 1. The maximum absolute atomic E-state index is 4.44. The molecular formula is C16H28N4. The number of anilines is 1. The lowest BCUT2D eigenvalue weighted by Crippen LogP contribution is -2.46. The van der Waals surface area contributed by atoms with Crippen molar-refractivity contribution in [3.05, 3.63) is 23.9 Å². The Morgan fingerprint density at radius 3 is 2.55 bits per heavy atom. The van der Waals surface area contributed by atoms with Crippen LogP contribution < -0.4 is 5.32 Å². The third-order valence-electron chi connectivity index (χ3n) is 3.72. The summed E-state index contributed by atoms with van der Waals surface area (Å²) >= 11 is 0. The average molecular weight is 276 g/mol. The van der Waals surface area contributed by atoms with E-state index in [1.165, 1.54) is 25.2 Å². The lowest BCUT2D eigenvalue weighted by Gasteiger charge is -2.35. The average Bonchev–Trinajstić information content (AvgIpc) is 2.43. The third-order valence-corrected chi connectivity index (χ3v) is 3.72. The van der Waals surface area contributed by atoms with Crippen LogP contribution in [-0.4, -0.2) is 54.1 Å². The normalized spacial score (nSPS) is 17.6. The molecule has 0 bridgehead atoms. The van der Waals surface area contributed by atoms with Crippen LogP contribution in [0, 0.1) is 5.92 Å². The predicted octanol–water partition coefficient (Wildman–Crippen LogP) is 2.29. The zero-order chi connectivity index (χ0) is 14.4. The summed E-state index contributed by atoms with van der Waals surface area (Å²) in [5.41, 5.74) is 1.31. The molecule has 0 aromatic carbocycles. The lowest BCUT2D eigenvalue weighted by atomic mass is 10.1. The smallest absolute Gasteiger partial charge is 0.130 e. The summed E-state index contributed by atoms with van der Waals surface area (Å²) in [4.78, 5) is 9.56. The second kappa shape index (κ2) is 7.60. The molecule has 2 heterocycles. The summed E-state index contributed by atoms with van der Waals surface area (Å²) in [6.45, 7) is 14.6. The highest BCUT2D eigenvalue weighted by molar-refractivity contribution is 5.43. The van der Waals surface area contributed by atoms with E-state index in [0.29, 0.717) is 0 Å². The second-order valence-electron chi connectivity index (χ2n) is 6.01. The highest BCUT2D eigenvalue weighted by Crippen LogP contribution is 2.15. The standard InChI is InChI=1S/C16H28N4/c1-4-17-16-15(6-5-7-18-16)13-20-10-8-19(9-11-20)12-14(2)3/h5-7,14H,4,8-13H2,1-3H3,(H,17,18). The van der Waals surface area contributed by atoms with Crippen molar-refractivity contribution < 1.29 is 0 Å². The van der Waals surface area contributed by atoms with Gasteiger partial charge in [0, 0.05) is 57.6 Å². The minimum atomic E-state index is 0.764. The molecule has 0 saturated carbocycles. The molecule has 0 radical (unpaired) electrons. The van der Waals surface area contributed by atoms with Gasteiger partial charge in [-0.05, 0) is 18.9 Å². The molecule has 1 aliphatic heterocycles. The van der Waals surface area contributed by atoms with E-state index in [0.717, 1.165) is 37.9 Å². The first-order valence-corrected chi connectivity index (χ1v) is 7.81. The van der Waals surface area contributed by atoms with Crippen molar-refractivity contribution >= 4 is 5.82 Å². The highest BCUT2D eigenvalue weighted by atomic mass is 15.3. The zero-order valence-electron chi connectivity index (χ0n) is 13.1. The Morgan fingerprint density at radius 2 is 1.90 bits per heavy atom.